The molecule has 0 saturated carbocycles. The zero-order valence-corrected chi connectivity index (χ0v) is 14.2. The summed E-state index contributed by atoms with van der Waals surface area (Å²) in [4.78, 5) is 0. The second-order valence-electron chi connectivity index (χ2n) is 6.27. The number of unbranched alkanes of at least 4 members (excludes halogenated alkanes) is 9. The summed E-state index contributed by atoms with van der Waals surface area (Å²) in [7, 11) is -3.32. The Bertz CT molecular complexity index is 241. The van der Waals surface area contributed by atoms with Crippen molar-refractivity contribution in [2.45, 2.75) is 85.0 Å². The van der Waals surface area contributed by atoms with Crippen LogP contribution in [0.3, 0.4) is 0 Å². The van der Waals surface area contributed by atoms with Crippen molar-refractivity contribution in [3.05, 3.63) is 0 Å². The normalized spacial score (nSPS) is 14.8. The molecule has 1 nitrogen and oxygen atoms in total. The molecule has 0 rings (SSSR count). The number of hydrogen-bond donors (Lipinski definition) is 0. The second kappa shape index (κ2) is 11.9. The first-order valence-electron chi connectivity index (χ1n) is 8.25. The number of halogens is 1. The Morgan fingerprint density at radius 1 is 0.842 bits per heavy atom. The van der Waals surface area contributed by atoms with Crippen LogP contribution in [0.4, 0.5) is 4.20 Å². The Balaban J connectivity index is 3.29. The minimum Gasteiger partial charge on any atom is -0.288 e. The molecule has 0 aromatic carbocycles. The van der Waals surface area contributed by atoms with E-state index in [9.17, 15) is 8.76 Å². The maximum absolute atomic E-state index is 13.6. The zero-order chi connectivity index (χ0) is 14.6. The van der Waals surface area contributed by atoms with Crippen LogP contribution in [0.1, 0.15) is 85.0 Å². The second-order valence-corrected chi connectivity index (χ2v) is 8.66. The predicted molar refractivity (Wildman–Crippen MR) is 85.1 cm³/mol. The van der Waals surface area contributed by atoms with E-state index in [-0.39, 0.29) is 12.1 Å². The van der Waals surface area contributed by atoms with E-state index in [1.54, 1.807) is 0 Å². The largest absolute Gasteiger partial charge is 0.288 e. The van der Waals surface area contributed by atoms with Crippen molar-refractivity contribution in [3.8, 4) is 0 Å². The Kier molecular flexibility index (Phi) is 12.0. The summed E-state index contributed by atoms with van der Waals surface area (Å²) < 4.78 is 25.2. The van der Waals surface area contributed by atoms with E-state index in [1.807, 2.05) is 13.8 Å². The molecule has 0 aromatic rings. The Hall–Kier alpha value is 0.160. The van der Waals surface area contributed by atoms with Gasteiger partial charge in [0.1, 0.15) is 0 Å². The number of hydrogen-bond acceptors (Lipinski definition) is 1. The molecule has 0 aliphatic heterocycles. The molecule has 0 N–H and O–H groups in total. The molecule has 0 amide bonds. The standard InChI is InChI=1S/C16H34FOP/c1-4-5-6-7-8-9-10-11-12-13-14-19(17,18)15-16(2)3/h16H,4-15H2,1-3H3. The molecule has 116 valence electrons. The molecular weight excluding hydrogens is 258 g/mol. The third-order valence-electron chi connectivity index (χ3n) is 3.48. The van der Waals surface area contributed by atoms with Crippen molar-refractivity contribution in [2.75, 3.05) is 12.3 Å². The minimum atomic E-state index is -3.32. The van der Waals surface area contributed by atoms with Crippen molar-refractivity contribution in [1.82, 2.24) is 0 Å². The lowest BCUT2D eigenvalue weighted by Crippen LogP contribution is -1.98. The quantitative estimate of drug-likeness (QED) is 0.269. The highest BCUT2D eigenvalue weighted by Crippen LogP contribution is 2.49. The van der Waals surface area contributed by atoms with Crippen molar-refractivity contribution in [2.24, 2.45) is 5.92 Å². The Morgan fingerprint density at radius 2 is 1.26 bits per heavy atom. The van der Waals surface area contributed by atoms with Gasteiger partial charge in [0.25, 0.3) is 0 Å². The molecule has 1 atom stereocenters. The summed E-state index contributed by atoms with van der Waals surface area (Å²) in [5.41, 5.74) is 0. The molecule has 0 aliphatic rings. The van der Waals surface area contributed by atoms with Crippen LogP contribution < -0.4 is 0 Å². The summed E-state index contributed by atoms with van der Waals surface area (Å²) in [5.74, 6) is 0.207. The zero-order valence-electron chi connectivity index (χ0n) is 13.3. The highest BCUT2D eigenvalue weighted by atomic mass is 31.2. The van der Waals surface area contributed by atoms with Crippen LogP contribution in [-0.2, 0) is 4.57 Å². The van der Waals surface area contributed by atoms with Gasteiger partial charge in [-0.1, -0.05) is 78.6 Å². The van der Waals surface area contributed by atoms with Gasteiger partial charge in [-0.15, -0.1) is 0 Å². The van der Waals surface area contributed by atoms with Gasteiger partial charge in [0.05, 0.1) is 0 Å². The summed E-state index contributed by atoms with van der Waals surface area (Å²) in [6.07, 6.45) is 12.9. The summed E-state index contributed by atoms with van der Waals surface area (Å²) >= 11 is 0. The van der Waals surface area contributed by atoms with Crippen molar-refractivity contribution in [1.29, 1.82) is 0 Å². The fourth-order valence-electron chi connectivity index (χ4n) is 2.47. The monoisotopic (exact) mass is 292 g/mol. The summed E-state index contributed by atoms with van der Waals surface area (Å²) in [6, 6.07) is 0. The maximum Gasteiger partial charge on any atom is 0.244 e. The Morgan fingerprint density at radius 3 is 1.68 bits per heavy atom. The van der Waals surface area contributed by atoms with Crippen molar-refractivity contribution in [3.63, 3.8) is 0 Å². The van der Waals surface area contributed by atoms with Crippen LogP contribution >= 0.6 is 7.45 Å². The first-order valence-corrected chi connectivity index (χ1v) is 10.2. The molecule has 19 heavy (non-hydrogen) atoms. The highest BCUT2D eigenvalue weighted by Gasteiger charge is 2.21. The molecular formula is C16H34FOP. The van der Waals surface area contributed by atoms with Gasteiger partial charge >= 0.3 is 0 Å². The molecule has 0 aromatic heterocycles. The average molecular weight is 292 g/mol. The topological polar surface area (TPSA) is 17.1 Å². The van der Waals surface area contributed by atoms with Crippen molar-refractivity contribution < 1.29 is 8.76 Å². The van der Waals surface area contributed by atoms with Gasteiger partial charge < -0.3 is 0 Å². The van der Waals surface area contributed by atoms with Crippen LogP contribution in [-0.4, -0.2) is 12.3 Å². The third kappa shape index (κ3) is 14.4. The molecule has 0 radical (unpaired) electrons. The van der Waals surface area contributed by atoms with Gasteiger partial charge in [0.2, 0.25) is 7.45 Å². The van der Waals surface area contributed by atoms with Crippen LogP contribution in [0.2, 0.25) is 0 Å². The molecule has 0 saturated heterocycles. The van der Waals surface area contributed by atoms with Crippen molar-refractivity contribution >= 4 is 7.45 Å². The van der Waals surface area contributed by atoms with Crippen LogP contribution in [0.5, 0.6) is 0 Å². The van der Waals surface area contributed by atoms with Gasteiger partial charge in [0, 0.05) is 12.3 Å². The van der Waals surface area contributed by atoms with Crippen LogP contribution in [0.25, 0.3) is 0 Å². The van der Waals surface area contributed by atoms with E-state index >= 15 is 0 Å². The molecule has 3 heteroatoms. The van der Waals surface area contributed by atoms with Gasteiger partial charge in [-0.05, 0) is 12.3 Å². The van der Waals surface area contributed by atoms with E-state index in [2.05, 4.69) is 6.92 Å². The highest BCUT2D eigenvalue weighted by molar-refractivity contribution is 7.58. The molecule has 0 aliphatic carbocycles. The van der Waals surface area contributed by atoms with Gasteiger partial charge in [-0.3, -0.25) is 4.57 Å². The van der Waals surface area contributed by atoms with Crippen LogP contribution in [0, 0.1) is 5.92 Å². The molecule has 0 heterocycles. The van der Waals surface area contributed by atoms with Crippen LogP contribution in [0.15, 0.2) is 0 Å². The smallest absolute Gasteiger partial charge is 0.244 e. The lowest BCUT2D eigenvalue weighted by atomic mass is 10.1. The Labute approximate surface area is 120 Å². The molecule has 0 spiro atoms. The first kappa shape index (κ1) is 19.2. The predicted octanol–water partition coefficient (Wildman–Crippen LogP) is 6.81. The number of rotatable bonds is 13. The van der Waals surface area contributed by atoms with E-state index in [0.29, 0.717) is 6.16 Å². The fraction of sp³-hybridized carbons (Fsp3) is 1.00. The lowest BCUT2D eigenvalue weighted by Gasteiger charge is -2.11. The fourth-order valence-corrected chi connectivity index (χ4v) is 4.44. The van der Waals surface area contributed by atoms with Gasteiger partial charge in [0.15, 0.2) is 0 Å². The summed E-state index contributed by atoms with van der Waals surface area (Å²) in [6.45, 7) is 6.11. The van der Waals surface area contributed by atoms with E-state index in [1.165, 1.54) is 51.4 Å². The van der Waals surface area contributed by atoms with Gasteiger partial charge in [-0.25, -0.2) is 0 Å². The van der Waals surface area contributed by atoms with Gasteiger partial charge in [-0.2, -0.15) is 4.20 Å². The lowest BCUT2D eigenvalue weighted by molar-refractivity contribution is 0.521. The SMILES string of the molecule is CCCCCCCCCCCCP(=O)(F)CC(C)C. The maximum atomic E-state index is 13.6. The average Bonchev–Trinajstić information content (AvgIpc) is 2.30. The third-order valence-corrected chi connectivity index (χ3v) is 5.74. The van der Waals surface area contributed by atoms with E-state index in [4.69, 9.17) is 0 Å². The summed E-state index contributed by atoms with van der Waals surface area (Å²) in [5, 5.41) is 0. The minimum absolute atomic E-state index is 0.207. The first-order chi connectivity index (χ1) is 8.98. The molecule has 0 fully saturated rings. The molecule has 0 bridgehead atoms. The van der Waals surface area contributed by atoms with E-state index in [0.717, 1.165) is 12.8 Å². The molecule has 1 unspecified atom stereocenters. The van der Waals surface area contributed by atoms with E-state index < -0.39 is 7.45 Å².